The third kappa shape index (κ3) is 8.34. The fourth-order valence-electron chi connectivity index (χ4n) is 3.39. The molecule has 0 aromatic rings. The first kappa shape index (κ1) is 22.0. The zero-order valence-electron chi connectivity index (χ0n) is 15.4. The third-order valence-electron chi connectivity index (χ3n) is 4.97. The summed E-state index contributed by atoms with van der Waals surface area (Å²) in [6.45, 7) is 9.65. The lowest BCUT2D eigenvalue weighted by Gasteiger charge is -2.27. The zero-order chi connectivity index (χ0) is 16.3. The Bertz CT molecular complexity index is 349. The number of nitrogens with zero attached hydrogens (tertiary/aromatic N) is 1. The van der Waals surface area contributed by atoms with E-state index < -0.39 is 0 Å². The van der Waals surface area contributed by atoms with Gasteiger partial charge in [0.2, 0.25) is 0 Å². The van der Waals surface area contributed by atoms with E-state index in [2.05, 4.69) is 24.5 Å². The molecule has 0 bridgehead atoms. The first-order chi connectivity index (χ1) is 11.3. The van der Waals surface area contributed by atoms with E-state index in [9.17, 15) is 0 Å². The fourth-order valence-corrected chi connectivity index (χ4v) is 3.39. The molecule has 6 heteroatoms. The number of guanidine groups is 1. The summed E-state index contributed by atoms with van der Waals surface area (Å²) in [5, 5.41) is 6.78. The first-order valence-electron chi connectivity index (χ1n) is 9.51. The molecule has 1 saturated carbocycles. The minimum atomic E-state index is 0. The fraction of sp³-hybridized carbons (Fsp3) is 0.944. The van der Waals surface area contributed by atoms with Crippen molar-refractivity contribution in [3.8, 4) is 0 Å². The molecule has 5 nitrogen and oxygen atoms in total. The molecule has 2 aliphatic rings. The van der Waals surface area contributed by atoms with E-state index in [0.717, 1.165) is 70.1 Å². The van der Waals surface area contributed by atoms with Gasteiger partial charge in [0, 0.05) is 32.8 Å². The van der Waals surface area contributed by atoms with Crippen LogP contribution in [0.2, 0.25) is 0 Å². The lowest BCUT2D eigenvalue weighted by Crippen LogP contribution is -2.38. The van der Waals surface area contributed by atoms with Crippen molar-refractivity contribution in [1.82, 2.24) is 10.6 Å². The second-order valence-corrected chi connectivity index (χ2v) is 6.88. The van der Waals surface area contributed by atoms with Crippen LogP contribution in [0, 0.1) is 11.8 Å². The second kappa shape index (κ2) is 13.2. The summed E-state index contributed by atoms with van der Waals surface area (Å²) in [4.78, 5) is 4.80. The van der Waals surface area contributed by atoms with Crippen LogP contribution in [0.25, 0.3) is 0 Å². The van der Waals surface area contributed by atoms with Crippen LogP contribution in [0.4, 0.5) is 0 Å². The van der Waals surface area contributed by atoms with Crippen molar-refractivity contribution in [2.45, 2.75) is 58.5 Å². The Morgan fingerprint density at radius 3 is 2.75 bits per heavy atom. The molecule has 0 spiro atoms. The van der Waals surface area contributed by atoms with Gasteiger partial charge in [-0.1, -0.05) is 26.2 Å². The Kier molecular flexibility index (Phi) is 12.0. The maximum atomic E-state index is 5.79. The highest BCUT2D eigenvalue weighted by Gasteiger charge is 2.20. The minimum absolute atomic E-state index is 0. The zero-order valence-corrected chi connectivity index (χ0v) is 17.7. The van der Waals surface area contributed by atoms with Crippen molar-refractivity contribution >= 4 is 29.9 Å². The SMILES string of the molecule is CCNC(=NCC1CCCCC1C)NCCCOC1CCOC1.I. The molecule has 0 aromatic carbocycles. The monoisotopic (exact) mass is 453 g/mol. The highest BCUT2D eigenvalue weighted by atomic mass is 127. The van der Waals surface area contributed by atoms with Gasteiger partial charge in [-0.15, -0.1) is 24.0 Å². The van der Waals surface area contributed by atoms with Crippen LogP contribution in [-0.4, -0.2) is 51.5 Å². The summed E-state index contributed by atoms with van der Waals surface area (Å²) in [5.41, 5.74) is 0. The molecule has 24 heavy (non-hydrogen) atoms. The van der Waals surface area contributed by atoms with Crippen LogP contribution in [0.3, 0.4) is 0 Å². The van der Waals surface area contributed by atoms with E-state index in [1.54, 1.807) is 0 Å². The van der Waals surface area contributed by atoms with Gasteiger partial charge in [0.25, 0.3) is 0 Å². The molecule has 1 saturated heterocycles. The van der Waals surface area contributed by atoms with Gasteiger partial charge >= 0.3 is 0 Å². The van der Waals surface area contributed by atoms with Crippen LogP contribution >= 0.6 is 24.0 Å². The number of hydrogen-bond donors (Lipinski definition) is 2. The Labute approximate surface area is 164 Å². The number of nitrogens with one attached hydrogen (secondary N) is 2. The van der Waals surface area contributed by atoms with Gasteiger partial charge in [-0.3, -0.25) is 4.99 Å². The van der Waals surface area contributed by atoms with Crippen molar-refractivity contribution in [1.29, 1.82) is 0 Å². The Morgan fingerprint density at radius 2 is 2.04 bits per heavy atom. The molecule has 1 aliphatic carbocycles. The van der Waals surface area contributed by atoms with E-state index >= 15 is 0 Å². The topological polar surface area (TPSA) is 54.9 Å². The Morgan fingerprint density at radius 1 is 1.21 bits per heavy atom. The second-order valence-electron chi connectivity index (χ2n) is 6.88. The van der Waals surface area contributed by atoms with Gasteiger partial charge in [0.05, 0.1) is 12.7 Å². The van der Waals surface area contributed by atoms with Gasteiger partial charge in [-0.05, 0) is 38.0 Å². The summed E-state index contributed by atoms with van der Waals surface area (Å²) in [7, 11) is 0. The molecule has 3 atom stereocenters. The Hall–Kier alpha value is -0.0800. The van der Waals surface area contributed by atoms with Gasteiger partial charge in [-0.25, -0.2) is 0 Å². The average Bonchev–Trinajstić information content (AvgIpc) is 3.07. The standard InChI is InChI=1S/C18H35N3O2.HI/c1-3-19-18(21-13-16-8-5-4-7-15(16)2)20-10-6-11-23-17-9-12-22-14-17;/h15-17H,3-14H2,1-2H3,(H2,19,20,21);1H. The molecule has 0 amide bonds. The lowest BCUT2D eigenvalue weighted by atomic mass is 9.80. The third-order valence-corrected chi connectivity index (χ3v) is 4.97. The molecule has 3 unspecified atom stereocenters. The number of ether oxygens (including phenoxy) is 2. The van der Waals surface area contributed by atoms with Gasteiger partial charge in [-0.2, -0.15) is 0 Å². The van der Waals surface area contributed by atoms with Gasteiger partial charge < -0.3 is 20.1 Å². The number of halogens is 1. The number of rotatable bonds is 8. The normalized spacial score (nSPS) is 27.6. The van der Waals surface area contributed by atoms with E-state index in [4.69, 9.17) is 14.5 Å². The van der Waals surface area contributed by atoms with E-state index in [1.165, 1.54) is 25.7 Å². The minimum Gasteiger partial charge on any atom is -0.379 e. The predicted molar refractivity (Wildman–Crippen MR) is 110 cm³/mol. The van der Waals surface area contributed by atoms with Crippen molar-refractivity contribution in [3.05, 3.63) is 0 Å². The highest BCUT2D eigenvalue weighted by molar-refractivity contribution is 14.0. The lowest BCUT2D eigenvalue weighted by molar-refractivity contribution is 0.0420. The summed E-state index contributed by atoms with van der Waals surface area (Å²) >= 11 is 0. The molecule has 1 heterocycles. The summed E-state index contributed by atoms with van der Waals surface area (Å²) in [5.74, 6) is 2.52. The molecule has 2 N–H and O–H groups in total. The number of aliphatic imine (C=N–C) groups is 1. The highest BCUT2D eigenvalue weighted by Crippen LogP contribution is 2.29. The summed E-state index contributed by atoms with van der Waals surface area (Å²) < 4.78 is 11.1. The molecular formula is C18H36IN3O2. The molecule has 0 aromatic heterocycles. The quantitative estimate of drug-likeness (QED) is 0.257. The van der Waals surface area contributed by atoms with Crippen LogP contribution in [-0.2, 0) is 9.47 Å². The van der Waals surface area contributed by atoms with Gasteiger partial charge in [0.1, 0.15) is 0 Å². The molecule has 1 aliphatic heterocycles. The molecule has 2 rings (SSSR count). The van der Waals surface area contributed by atoms with Crippen LogP contribution in [0.5, 0.6) is 0 Å². The van der Waals surface area contributed by atoms with Crippen molar-refractivity contribution in [3.63, 3.8) is 0 Å². The maximum absolute atomic E-state index is 5.79. The number of hydrogen-bond acceptors (Lipinski definition) is 3. The summed E-state index contributed by atoms with van der Waals surface area (Å²) in [6, 6.07) is 0. The van der Waals surface area contributed by atoms with Crippen LogP contribution in [0.1, 0.15) is 52.4 Å². The Balaban J connectivity index is 0.00000288. The van der Waals surface area contributed by atoms with E-state index in [0.29, 0.717) is 6.10 Å². The summed E-state index contributed by atoms with van der Waals surface area (Å²) in [6.07, 6.45) is 7.82. The van der Waals surface area contributed by atoms with Crippen molar-refractivity contribution < 1.29 is 9.47 Å². The molecule has 0 radical (unpaired) electrons. The van der Waals surface area contributed by atoms with Crippen molar-refractivity contribution in [2.24, 2.45) is 16.8 Å². The maximum Gasteiger partial charge on any atom is 0.191 e. The predicted octanol–water partition coefficient (Wildman–Crippen LogP) is 3.18. The van der Waals surface area contributed by atoms with E-state index in [-0.39, 0.29) is 24.0 Å². The molecule has 2 fully saturated rings. The molecular weight excluding hydrogens is 417 g/mol. The largest absolute Gasteiger partial charge is 0.379 e. The average molecular weight is 453 g/mol. The van der Waals surface area contributed by atoms with Gasteiger partial charge in [0.15, 0.2) is 5.96 Å². The van der Waals surface area contributed by atoms with Crippen LogP contribution < -0.4 is 10.6 Å². The van der Waals surface area contributed by atoms with Crippen LogP contribution in [0.15, 0.2) is 4.99 Å². The van der Waals surface area contributed by atoms with Crippen molar-refractivity contribution in [2.75, 3.05) is 39.5 Å². The molecule has 142 valence electrons. The van der Waals surface area contributed by atoms with E-state index in [1.807, 2.05) is 0 Å². The smallest absolute Gasteiger partial charge is 0.191 e. The first-order valence-corrected chi connectivity index (χ1v) is 9.51.